The second-order valence-electron chi connectivity index (χ2n) is 6.16. The number of benzene rings is 3. The fourth-order valence-corrected chi connectivity index (χ4v) is 4.46. The van der Waals surface area contributed by atoms with Crippen molar-refractivity contribution in [3.63, 3.8) is 0 Å². The summed E-state index contributed by atoms with van der Waals surface area (Å²) < 4.78 is 31.7. The van der Waals surface area contributed by atoms with Gasteiger partial charge in [0.05, 0.1) is 4.90 Å². The number of hydrogen-bond acceptors (Lipinski definition) is 4. The Bertz CT molecular complexity index is 990. The molecule has 6 heteroatoms. The zero-order chi connectivity index (χ0) is 19.8. The highest BCUT2D eigenvalue weighted by Gasteiger charge is 2.29. The van der Waals surface area contributed by atoms with Crippen LogP contribution in [0.15, 0.2) is 95.9 Å². The van der Waals surface area contributed by atoms with E-state index in [1.54, 1.807) is 66.7 Å². The van der Waals surface area contributed by atoms with Gasteiger partial charge in [-0.25, -0.2) is 8.42 Å². The highest BCUT2D eigenvalue weighted by atomic mass is 32.2. The van der Waals surface area contributed by atoms with Gasteiger partial charge in [-0.2, -0.15) is 0 Å². The van der Waals surface area contributed by atoms with Crippen LogP contribution >= 0.6 is 0 Å². The maximum Gasteiger partial charge on any atom is 0.257 e. The Morgan fingerprint density at radius 3 is 1.96 bits per heavy atom. The van der Waals surface area contributed by atoms with Crippen molar-refractivity contribution in [1.82, 2.24) is 5.32 Å². The second kappa shape index (κ2) is 9.19. The van der Waals surface area contributed by atoms with Crippen molar-refractivity contribution >= 4 is 15.7 Å². The molecule has 0 heterocycles. The molecule has 0 radical (unpaired) electrons. The third-order valence-electron chi connectivity index (χ3n) is 4.22. The lowest BCUT2D eigenvalue weighted by Crippen LogP contribution is -2.34. The molecule has 0 unspecified atom stereocenters. The molecule has 0 saturated carbocycles. The van der Waals surface area contributed by atoms with E-state index in [-0.39, 0.29) is 24.0 Å². The summed E-state index contributed by atoms with van der Waals surface area (Å²) in [6.07, 6.45) is 0. The van der Waals surface area contributed by atoms with E-state index in [1.165, 1.54) is 0 Å². The number of ether oxygens (including phenoxy) is 1. The zero-order valence-electron chi connectivity index (χ0n) is 15.2. The van der Waals surface area contributed by atoms with Crippen LogP contribution in [0.4, 0.5) is 0 Å². The molecule has 5 nitrogen and oxygen atoms in total. The van der Waals surface area contributed by atoms with Gasteiger partial charge < -0.3 is 10.1 Å². The molecule has 1 N–H and O–H groups in total. The van der Waals surface area contributed by atoms with Gasteiger partial charge in [0.15, 0.2) is 16.4 Å². The molecule has 0 bridgehead atoms. The van der Waals surface area contributed by atoms with Gasteiger partial charge in [0, 0.05) is 6.54 Å². The minimum absolute atomic E-state index is 0.0434. The third kappa shape index (κ3) is 4.98. The van der Waals surface area contributed by atoms with Crippen LogP contribution in [-0.4, -0.2) is 27.5 Å². The van der Waals surface area contributed by atoms with Crippen LogP contribution in [0, 0.1) is 0 Å². The molecule has 3 aromatic carbocycles. The molecule has 144 valence electrons. The van der Waals surface area contributed by atoms with E-state index < -0.39 is 15.1 Å². The van der Waals surface area contributed by atoms with Crippen LogP contribution in [0.3, 0.4) is 0 Å². The Morgan fingerprint density at radius 2 is 1.36 bits per heavy atom. The topological polar surface area (TPSA) is 72.5 Å². The number of carbonyl (C=O) groups excluding carboxylic acids is 1. The Balaban J connectivity index is 1.72. The quantitative estimate of drug-likeness (QED) is 0.635. The Hall–Kier alpha value is -3.12. The van der Waals surface area contributed by atoms with Crippen LogP contribution in [0.5, 0.6) is 5.75 Å². The summed E-state index contributed by atoms with van der Waals surface area (Å²) in [5, 5.41) is 1.79. The van der Waals surface area contributed by atoms with Crippen molar-refractivity contribution < 1.29 is 17.9 Å². The lowest BCUT2D eigenvalue weighted by Gasteiger charge is -2.19. The van der Waals surface area contributed by atoms with Gasteiger partial charge in [-0.05, 0) is 29.8 Å². The molecule has 28 heavy (non-hydrogen) atoms. The average molecular weight is 395 g/mol. The minimum Gasteiger partial charge on any atom is -0.484 e. The molecule has 1 amide bonds. The minimum atomic E-state index is -3.67. The first-order valence-electron chi connectivity index (χ1n) is 8.86. The van der Waals surface area contributed by atoms with Crippen LogP contribution in [0.2, 0.25) is 0 Å². The van der Waals surface area contributed by atoms with Crippen molar-refractivity contribution in [3.05, 3.63) is 96.6 Å². The van der Waals surface area contributed by atoms with Gasteiger partial charge in [0.25, 0.3) is 5.91 Å². The smallest absolute Gasteiger partial charge is 0.257 e. The van der Waals surface area contributed by atoms with E-state index in [0.717, 1.165) is 0 Å². The summed E-state index contributed by atoms with van der Waals surface area (Å²) in [5.74, 6) is 0.196. The van der Waals surface area contributed by atoms with Crippen molar-refractivity contribution in [1.29, 1.82) is 0 Å². The van der Waals surface area contributed by atoms with E-state index in [2.05, 4.69) is 5.32 Å². The monoisotopic (exact) mass is 395 g/mol. The number of amides is 1. The van der Waals surface area contributed by atoms with Crippen LogP contribution < -0.4 is 10.1 Å². The lowest BCUT2D eigenvalue weighted by molar-refractivity contribution is -0.123. The SMILES string of the molecule is O=C(COc1ccccc1)NC[C@H](c1ccccc1)S(=O)(=O)c1ccccc1. The molecule has 1 atom stereocenters. The normalized spacial score (nSPS) is 12.1. The first kappa shape index (κ1) is 19.6. The van der Waals surface area contributed by atoms with E-state index in [4.69, 9.17) is 4.74 Å². The van der Waals surface area contributed by atoms with Crippen molar-refractivity contribution in [2.75, 3.05) is 13.2 Å². The summed E-state index contributed by atoms with van der Waals surface area (Å²) in [4.78, 5) is 12.4. The Labute approximate surface area is 164 Å². The summed E-state index contributed by atoms with van der Waals surface area (Å²) in [6, 6.07) is 26.1. The van der Waals surface area contributed by atoms with E-state index in [1.807, 2.05) is 24.3 Å². The van der Waals surface area contributed by atoms with Gasteiger partial charge in [-0.15, -0.1) is 0 Å². The van der Waals surface area contributed by atoms with Gasteiger partial charge in [-0.1, -0.05) is 66.7 Å². The highest BCUT2D eigenvalue weighted by Crippen LogP contribution is 2.28. The molecule has 3 aromatic rings. The molecule has 0 saturated heterocycles. The highest BCUT2D eigenvalue weighted by molar-refractivity contribution is 7.91. The first-order valence-corrected chi connectivity index (χ1v) is 10.4. The molecule has 0 aliphatic heterocycles. The molecule has 3 rings (SSSR count). The van der Waals surface area contributed by atoms with Gasteiger partial charge in [0.2, 0.25) is 0 Å². The van der Waals surface area contributed by atoms with E-state index in [9.17, 15) is 13.2 Å². The Kier molecular flexibility index (Phi) is 6.45. The zero-order valence-corrected chi connectivity index (χ0v) is 16.0. The molecule has 0 fully saturated rings. The molecular formula is C22H21NO4S. The number of nitrogens with one attached hydrogen (secondary N) is 1. The van der Waals surface area contributed by atoms with E-state index in [0.29, 0.717) is 11.3 Å². The van der Waals surface area contributed by atoms with Gasteiger partial charge in [-0.3, -0.25) is 4.79 Å². The van der Waals surface area contributed by atoms with Crippen molar-refractivity contribution in [3.8, 4) is 5.75 Å². The number of hydrogen-bond donors (Lipinski definition) is 1. The standard InChI is InChI=1S/C22H21NO4S/c24-22(17-27-19-12-6-2-7-13-19)23-16-21(18-10-4-1-5-11-18)28(25,26)20-14-8-3-9-15-20/h1-15,21H,16-17H2,(H,23,24)/t21-/m1/s1. The average Bonchev–Trinajstić information content (AvgIpc) is 2.74. The number of sulfone groups is 1. The number of rotatable bonds is 8. The fraction of sp³-hybridized carbons (Fsp3) is 0.136. The predicted octanol–water partition coefficient (Wildman–Crippen LogP) is 3.40. The van der Waals surface area contributed by atoms with Crippen molar-refractivity contribution in [2.24, 2.45) is 0 Å². The van der Waals surface area contributed by atoms with Gasteiger partial charge in [0.1, 0.15) is 11.0 Å². The first-order chi connectivity index (χ1) is 13.6. The molecule has 0 spiro atoms. The summed E-state index contributed by atoms with van der Waals surface area (Å²) in [6.45, 7) is -0.227. The largest absolute Gasteiger partial charge is 0.484 e. The van der Waals surface area contributed by atoms with Crippen molar-refractivity contribution in [2.45, 2.75) is 10.1 Å². The summed E-state index contributed by atoms with van der Waals surface area (Å²) >= 11 is 0. The summed E-state index contributed by atoms with van der Waals surface area (Å²) in [5.41, 5.74) is 0.621. The summed E-state index contributed by atoms with van der Waals surface area (Å²) in [7, 11) is -3.67. The predicted molar refractivity (Wildman–Crippen MR) is 108 cm³/mol. The maximum absolute atomic E-state index is 13.1. The maximum atomic E-state index is 13.1. The van der Waals surface area contributed by atoms with Crippen LogP contribution in [-0.2, 0) is 14.6 Å². The lowest BCUT2D eigenvalue weighted by atomic mass is 10.1. The molecule has 0 aromatic heterocycles. The molecular weight excluding hydrogens is 374 g/mol. The fourth-order valence-electron chi connectivity index (χ4n) is 2.77. The third-order valence-corrected chi connectivity index (χ3v) is 6.33. The second-order valence-corrected chi connectivity index (χ2v) is 8.29. The van der Waals surface area contributed by atoms with Crippen LogP contribution in [0.25, 0.3) is 0 Å². The Morgan fingerprint density at radius 1 is 0.821 bits per heavy atom. The molecule has 0 aliphatic rings. The number of carbonyl (C=O) groups is 1. The number of para-hydroxylation sites is 1. The molecule has 0 aliphatic carbocycles. The van der Waals surface area contributed by atoms with E-state index >= 15 is 0 Å². The van der Waals surface area contributed by atoms with Gasteiger partial charge >= 0.3 is 0 Å². The van der Waals surface area contributed by atoms with Crippen LogP contribution in [0.1, 0.15) is 10.8 Å².